The summed E-state index contributed by atoms with van der Waals surface area (Å²) < 4.78 is 32.7. The smallest absolute Gasteiger partial charge is 0.548 e. The third-order valence-corrected chi connectivity index (χ3v) is 5.90. The second-order valence-electron chi connectivity index (χ2n) is 6.56. The Morgan fingerprint density at radius 1 is 1.37 bits per heavy atom. The van der Waals surface area contributed by atoms with Crippen molar-refractivity contribution >= 4 is 23.8 Å². The van der Waals surface area contributed by atoms with Gasteiger partial charge in [-0.3, -0.25) is 0 Å². The van der Waals surface area contributed by atoms with Crippen LogP contribution in [-0.4, -0.2) is 41.8 Å². The van der Waals surface area contributed by atoms with Crippen molar-refractivity contribution in [1.82, 2.24) is 10.6 Å². The minimum Gasteiger partial charge on any atom is -0.548 e. The molecule has 27 heavy (non-hydrogen) atoms. The largest absolute Gasteiger partial charge is 1.00 e. The number of benzene rings is 1. The Morgan fingerprint density at radius 3 is 2.78 bits per heavy atom. The summed E-state index contributed by atoms with van der Waals surface area (Å²) >= 11 is 1.80. The molecule has 6 nitrogen and oxygen atoms in total. The van der Waals surface area contributed by atoms with Crippen LogP contribution in [0.1, 0.15) is 30.9 Å². The predicted molar refractivity (Wildman–Crippen MR) is 89.4 cm³/mol. The quantitative estimate of drug-likeness (QED) is 0.552. The Balaban J connectivity index is 0.00000261. The first-order valence-electron chi connectivity index (χ1n) is 8.33. The molecule has 2 saturated heterocycles. The van der Waals surface area contributed by atoms with E-state index in [1.54, 1.807) is 11.8 Å². The van der Waals surface area contributed by atoms with Gasteiger partial charge in [-0.05, 0) is 31.1 Å². The number of hydrogen-bond acceptors (Lipinski definition) is 5. The van der Waals surface area contributed by atoms with Gasteiger partial charge in [-0.2, -0.15) is 11.8 Å². The van der Waals surface area contributed by atoms with Crippen LogP contribution in [0.3, 0.4) is 0 Å². The molecule has 2 aliphatic heterocycles. The number of aliphatic carboxylic acids is 1. The summed E-state index contributed by atoms with van der Waals surface area (Å²) in [5, 5.41) is 16.3. The monoisotopic (exact) mass is 424 g/mol. The Morgan fingerprint density at radius 2 is 2.15 bits per heavy atom. The molecule has 1 spiro atoms. The molecule has 2 heterocycles. The van der Waals surface area contributed by atoms with Gasteiger partial charge in [0.25, 0.3) is 0 Å². The first kappa shape index (κ1) is 23.0. The van der Waals surface area contributed by atoms with E-state index in [1.807, 2.05) is 0 Å². The van der Waals surface area contributed by atoms with E-state index in [4.69, 9.17) is 4.74 Å². The summed E-state index contributed by atoms with van der Waals surface area (Å²) in [6.45, 7) is 0.516. The van der Waals surface area contributed by atoms with E-state index in [9.17, 15) is 23.5 Å². The summed E-state index contributed by atoms with van der Waals surface area (Å²) in [6, 6.07) is -0.159. The van der Waals surface area contributed by atoms with Crippen molar-refractivity contribution in [2.45, 2.75) is 36.9 Å². The summed E-state index contributed by atoms with van der Waals surface area (Å²) in [6.07, 6.45) is 2.18. The Hall–Kier alpha value is -0.234. The first-order valence-corrected chi connectivity index (χ1v) is 9.49. The third-order valence-electron chi connectivity index (χ3n) is 4.68. The number of amides is 2. The Labute approximate surface area is 202 Å². The molecule has 3 rings (SSSR count). The van der Waals surface area contributed by atoms with Crippen LogP contribution in [-0.2, 0) is 9.53 Å². The van der Waals surface area contributed by atoms with E-state index in [-0.39, 0.29) is 68.6 Å². The van der Waals surface area contributed by atoms with Gasteiger partial charge in [-0.1, -0.05) is 6.07 Å². The van der Waals surface area contributed by atoms with Gasteiger partial charge in [-0.15, -0.1) is 0 Å². The number of hydrogen-bond donors (Lipinski definition) is 2. The molecule has 3 unspecified atom stereocenters. The molecule has 0 radical (unpaired) electrons. The molecule has 0 aromatic heterocycles. The number of nitrogens with one attached hydrogen (secondary N) is 2. The number of urea groups is 1. The summed E-state index contributed by atoms with van der Waals surface area (Å²) in [7, 11) is 0. The van der Waals surface area contributed by atoms with Crippen LogP contribution in [0.4, 0.5) is 13.6 Å². The van der Waals surface area contributed by atoms with Crippen LogP contribution in [0.15, 0.2) is 18.2 Å². The van der Waals surface area contributed by atoms with E-state index >= 15 is 0 Å². The summed E-state index contributed by atoms with van der Waals surface area (Å²) in [5.41, 5.74) is -0.602. The molecular weight excluding hydrogens is 405 g/mol. The van der Waals surface area contributed by atoms with Crippen LogP contribution in [0.5, 0.6) is 0 Å². The molecule has 0 bridgehead atoms. The fraction of sp³-hybridized carbons (Fsp3) is 0.529. The number of carbonyl (C=O) groups is 2. The zero-order valence-corrected chi connectivity index (χ0v) is 18.9. The number of ether oxygens (including phenoxy) is 1. The van der Waals surface area contributed by atoms with Crippen LogP contribution in [0, 0.1) is 11.6 Å². The number of halogens is 2. The van der Waals surface area contributed by atoms with E-state index in [2.05, 4.69) is 10.6 Å². The molecule has 10 heteroatoms. The maximum atomic E-state index is 13.8. The number of rotatable bonds is 4. The zero-order valence-electron chi connectivity index (χ0n) is 14.9. The van der Waals surface area contributed by atoms with Gasteiger partial charge < -0.3 is 25.3 Å². The minimum absolute atomic E-state index is 0. The molecule has 1 aromatic carbocycles. The molecule has 2 N–H and O–H groups in total. The molecule has 1 aromatic rings. The fourth-order valence-corrected chi connectivity index (χ4v) is 4.75. The van der Waals surface area contributed by atoms with Gasteiger partial charge in [0.1, 0.15) is 11.6 Å². The zero-order chi connectivity index (χ0) is 18.7. The van der Waals surface area contributed by atoms with E-state index in [1.165, 1.54) is 0 Å². The van der Waals surface area contributed by atoms with Crippen LogP contribution in [0.25, 0.3) is 0 Å². The van der Waals surface area contributed by atoms with Gasteiger partial charge in [0.2, 0.25) is 0 Å². The Bertz CT molecular complexity index is 704. The summed E-state index contributed by atoms with van der Waals surface area (Å²) in [4.78, 5) is 23.6. The topological polar surface area (TPSA) is 90.5 Å². The number of carbonyl (C=O) groups excluding carboxylic acids is 2. The first-order chi connectivity index (χ1) is 12.4. The minimum atomic E-state index is -1.72. The van der Waals surface area contributed by atoms with Crippen molar-refractivity contribution in [2.75, 3.05) is 18.1 Å². The average molecular weight is 425 g/mol. The SMILES string of the molecule is O=C(NC1CCOC2(CCSC2)C1)NC(C(=O)[O-])c1ccc(F)cc1F.[K+]. The number of carboxylic acid groups (broad SMARTS) is 1. The normalized spacial score (nSPS) is 25.5. The van der Waals surface area contributed by atoms with Crippen LogP contribution >= 0.6 is 11.8 Å². The second kappa shape index (κ2) is 9.99. The van der Waals surface area contributed by atoms with Crippen molar-refractivity contribution in [2.24, 2.45) is 0 Å². The van der Waals surface area contributed by atoms with Gasteiger partial charge in [0.05, 0.1) is 17.6 Å². The fourth-order valence-electron chi connectivity index (χ4n) is 3.37. The summed E-state index contributed by atoms with van der Waals surface area (Å²) in [5.74, 6) is -1.70. The maximum absolute atomic E-state index is 13.8. The molecule has 2 aliphatic rings. The molecule has 0 saturated carbocycles. The predicted octanol–water partition coefficient (Wildman–Crippen LogP) is -1.89. The van der Waals surface area contributed by atoms with Crippen molar-refractivity contribution in [3.8, 4) is 0 Å². The van der Waals surface area contributed by atoms with Crippen molar-refractivity contribution in [3.05, 3.63) is 35.4 Å². The molecule has 3 atom stereocenters. The van der Waals surface area contributed by atoms with E-state index in [0.717, 1.165) is 30.1 Å². The average Bonchev–Trinajstić information content (AvgIpc) is 3.00. The third kappa shape index (κ3) is 5.88. The van der Waals surface area contributed by atoms with Gasteiger partial charge in [0, 0.05) is 30.0 Å². The van der Waals surface area contributed by atoms with E-state index in [0.29, 0.717) is 25.5 Å². The molecular formula is C17H19F2KN2O4S. The number of carboxylic acids is 1. The molecule has 2 fully saturated rings. The van der Waals surface area contributed by atoms with Crippen LogP contribution in [0.2, 0.25) is 0 Å². The second-order valence-corrected chi connectivity index (χ2v) is 7.66. The number of thioether (sulfide) groups is 1. The Kier molecular flexibility index (Phi) is 8.53. The van der Waals surface area contributed by atoms with Crippen LogP contribution < -0.4 is 67.1 Å². The molecule has 142 valence electrons. The van der Waals surface area contributed by atoms with E-state index < -0.39 is 29.7 Å². The van der Waals surface area contributed by atoms with Gasteiger partial charge >= 0.3 is 57.4 Å². The van der Waals surface area contributed by atoms with Gasteiger partial charge in [0.15, 0.2) is 0 Å². The standard InChI is InChI=1S/C17H20F2N2O4S.K/c18-10-1-2-12(13(19)7-10)14(15(22)23)21-16(24)20-11-3-5-25-17(8-11)4-6-26-9-17;/h1-2,7,11,14H,3-6,8-9H2,(H,22,23)(H2,20,21,24);/q;+1/p-1. The maximum Gasteiger partial charge on any atom is 1.00 e. The van der Waals surface area contributed by atoms with Crippen molar-refractivity contribution in [1.29, 1.82) is 0 Å². The molecule has 2 amide bonds. The van der Waals surface area contributed by atoms with Crippen molar-refractivity contribution in [3.63, 3.8) is 0 Å². The van der Waals surface area contributed by atoms with Crippen molar-refractivity contribution < 1.29 is 79.6 Å². The molecule has 0 aliphatic carbocycles. The van der Waals surface area contributed by atoms with Gasteiger partial charge in [-0.25, -0.2) is 13.6 Å².